The van der Waals surface area contributed by atoms with E-state index in [1.54, 1.807) is 4.90 Å². The number of carboxylic acids is 1. The van der Waals surface area contributed by atoms with Crippen LogP contribution in [-0.4, -0.2) is 39.3 Å². The van der Waals surface area contributed by atoms with Crippen LogP contribution in [0.3, 0.4) is 0 Å². The fraction of sp³-hybridized carbons (Fsp3) is 0.857. The van der Waals surface area contributed by atoms with Gasteiger partial charge in [-0.15, -0.1) is 0 Å². The van der Waals surface area contributed by atoms with Crippen LogP contribution in [0.1, 0.15) is 53.9 Å². The van der Waals surface area contributed by atoms with Gasteiger partial charge in [-0.2, -0.15) is 0 Å². The maximum atomic E-state index is 12.3. The van der Waals surface area contributed by atoms with Gasteiger partial charge in [0.2, 0.25) is 0 Å². The smallest absolute Gasteiger partial charge is 0.410 e. The number of carbonyl (C=O) groups excluding carboxylic acids is 1. The van der Waals surface area contributed by atoms with Gasteiger partial charge in [0, 0.05) is 11.6 Å². The number of rotatable bonds is 3. The number of nitrogens with zero attached hydrogens (tertiary/aromatic N) is 1. The second-order valence-electron chi connectivity index (χ2n) is 7.28. The van der Waals surface area contributed by atoms with E-state index in [9.17, 15) is 9.59 Å². The lowest BCUT2D eigenvalue weighted by atomic mass is 9.38. The van der Waals surface area contributed by atoms with Crippen LogP contribution >= 0.6 is 0 Å². The summed E-state index contributed by atoms with van der Waals surface area (Å²) in [6.45, 7) is 9.40. The SMILES string of the molecule is CC(C)N(C(=O)OC(C)(C)C)C12CC(C(=O)O)(C1)C2. The van der Waals surface area contributed by atoms with E-state index in [0.29, 0.717) is 19.3 Å². The highest BCUT2D eigenvalue weighted by Crippen LogP contribution is 2.70. The molecular formula is C14H23NO4. The maximum absolute atomic E-state index is 12.3. The van der Waals surface area contributed by atoms with Crippen LogP contribution in [0.15, 0.2) is 0 Å². The fourth-order valence-electron chi connectivity index (χ4n) is 3.48. The molecule has 3 fully saturated rings. The van der Waals surface area contributed by atoms with E-state index in [4.69, 9.17) is 9.84 Å². The zero-order valence-corrected chi connectivity index (χ0v) is 12.3. The third kappa shape index (κ3) is 2.09. The van der Waals surface area contributed by atoms with Gasteiger partial charge < -0.3 is 9.84 Å². The van der Waals surface area contributed by atoms with Gasteiger partial charge in [-0.3, -0.25) is 9.69 Å². The molecule has 108 valence electrons. The number of hydrogen-bond acceptors (Lipinski definition) is 3. The second-order valence-corrected chi connectivity index (χ2v) is 7.28. The van der Waals surface area contributed by atoms with Crippen molar-refractivity contribution in [3.8, 4) is 0 Å². The Bertz CT molecular complexity index is 402. The van der Waals surface area contributed by atoms with Crippen molar-refractivity contribution in [1.82, 2.24) is 4.90 Å². The predicted molar refractivity (Wildman–Crippen MR) is 69.9 cm³/mol. The summed E-state index contributed by atoms with van der Waals surface area (Å²) in [5.74, 6) is -0.734. The Morgan fingerprint density at radius 1 is 1.21 bits per heavy atom. The quantitative estimate of drug-likeness (QED) is 0.855. The third-order valence-electron chi connectivity index (χ3n) is 4.07. The van der Waals surface area contributed by atoms with E-state index in [0.717, 1.165) is 0 Å². The van der Waals surface area contributed by atoms with Crippen LogP contribution < -0.4 is 0 Å². The molecular weight excluding hydrogens is 246 g/mol. The molecule has 0 atom stereocenters. The molecule has 0 aromatic heterocycles. The second kappa shape index (κ2) is 3.87. The summed E-state index contributed by atoms with van der Waals surface area (Å²) in [4.78, 5) is 25.2. The van der Waals surface area contributed by atoms with Crippen molar-refractivity contribution in [2.45, 2.75) is 71.1 Å². The van der Waals surface area contributed by atoms with E-state index in [-0.39, 0.29) is 17.7 Å². The molecule has 0 aliphatic heterocycles. The highest BCUT2D eigenvalue weighted by molar-refractivity contribution is 5.82. The van der Waals surface area contributed by atoms with E-state index in [1.165, 1.54) is 0 Å². The first-order valence-corrected chi connectivity index (χ1v) is 6.77. The van der Waals surface area contributed by atoms with Gasteiger partial charge >= 0.3 is 12.1 Å². The van der Waals surface area contributed by atoms with Crippen LogP contribution in [0.25, 0.3) is 0 Å². The molecule has 3 saturated carbocycles. The van der Waals surface area contributed by atoms with Gasteiger partial charge in [0.1, 0.15) is 5.60 Å². The molecule has 3 aliphatic rings. The number of carbonyl (C=O) groups is 2. The highest BCUT2D eigenvalue weighted by Gasteiger charge is 2.75. The molecule has 0 heterocycles. The van der Waals surface area contributed by atoms with Crippen LogP contribution in [-0.2, 0) is 9.53 Å². The minimum absolute atomic E-state index is 0.0157. The average Bonchev–Trinajstić information content (AvgIpc) is 2.02. The zero-order chi connectivity index (χ0) is 14.6. The molecule has 1 N–H and O–H groups in total. The van der Waals surface area contributed by atoms with Crippen LogP contribution in [0, 0.1) is 5.41 Å². The summed E-state index contributed by atoms with van der Waals surface area (Å²) >= 11 is 0. The molecule has 0 aromatic rings. The standard InChI is InChI=1S/C14H23NO4/c1-9(2)15(11(18)19-12(3,4)5)14-6-13(7-14,8-14)10(16)17/h9H,6-8H2,1-5H3,(H,16,17). The molecule has 3 rings (SSSR count). The average molecular weight is 269 g/mol. The minimum Gasteiger partial charge on any atom is -0.481 e. The first-order chi connectivity index (χ1) is 8.51. The summed E-state index contributed by atoms with van der Waals surface area (Å²) in [6.07, 6.45) is 1.35. The summed E-state index contributed by atoms with van der Waals surface area (Å²) < 4.78 is 5.44. The molecule has 3 aliphatic carbocycles. The van der Waals surface area contributed by atoms with Gasteiger partial charge in [0.15, 0.2) is 0 Å². The predicted octanol–water partition coefficient (Wildman–Crippen LogP) is 2.64. The Labute approximate surface area is 113 Å². The number of aliphatic carboxylic acids is 1. The Morgan fingerprint density at radius 2 is 1.68 bits per heavy atom. The Hall–Kier alpha value is -1.26. The van der Waals surface area contributed by atoms with Gasteiger partial charge in [-0.25, -0.2) is 4.79 Å². The first kappa shape index (κ1) is 14.2. The molecule has 1 amide bonds. The molecule has 0 aromatic carbocycles. The molecule has 0 unspecified atom stereocenters. The van der Waals surface area contributed by atoms with Gasteiger partial charge in [0.05, 0.1) is 5.41 Å². The van der Waals surface area contributed by atoms with E-state index < -0.39 is 17.0 Å². The van der Waals surface area contributed by atoms with Crippen molar-refractivity contribution < 1.29 is 19.4 Å². The lowest BCUT2D eigenvalue weighted by molar-refractivity contribution is -0.230. The summed E-state index contributed by atoms with van der Waals surface area (Å²) in [5.41, 5.74) is -1.39. The fourth-order valence-corrected chi connectivity index (χ4v) is 3.48. The van der Waals surface area contributed by atoms with Crippen molar-refractivity contribution >= 4 is 12.1 Å². The molecule has 0 spiro atoms. The summed E-state index contributed by atoms with van der Waals surface area (Å²) in [5, 5.41) is 9.16. The summed E-state index contributed by atoms with van der Waals surface area (Å²) in [7, 11) is 0. The topological polar surface area (TPSA) is 66.8 Å². The van der Waals surface area contributed by atoms with Crippen LogP contribution in [0.4, 0.5) is 4.79 Å². The summed E-state index contributed by atoms with van der Waals surface area (Å²) in [6, 6.07) is 0.0157. The Morgan fingerprint density at radius 3 is 2.00 bits per heavy atom. The van der Waals surface area contributed by atoms with Crippen molar-refractivity contribution in [3.63, 3.8) is 0 Å². The third-order valence-corrected chi connectivity index (χ3v) is 4.07. The highest BCUT2D eigenvalue weighted by atomic mass is 16.6. The monoisotopic (exact) mass is 269 g/mol. The van der Waals surface area contributed by atoms with Gasteiger partial charge in [-0.1, -0.05) is 0 Å². The van der Waals surface area contributed by atoms with Crippen LogP contribution in [0.2, 0.25) is 0 Å². The first-order valence-electron chi connectivity index (χ1n) is 6.77. The zero-order valence-electron chi connectivity index (χ0n) is 12.3. The van der Waals surface area contributed by atoms with Crippen LogP contribution in [0.5, 0.6) is 0 Å². The van der Waals surface area contributed by atoms with Gasteiger partial charge in [-0.05, 0) is 53.9 Å². The molecule has 0 radical (unpaired) electrons. The van der Waals surface area contributed by atoms with E-state index >= 15 is 0 Å². The van der Waals surface area contributed by atoms with E-state index in [1.807, 2.05) is 34.6 Å². The molecule has 2 bridgehead atoms. The lowest BCUT2D eigenvalue weighted by Gasteiger charge is -2.71. The Balaban J connectivity index is 2.09. The number of hydrogen-bond donors (Lipinski definition) is 1. The van der Waals surface area contributed by atoms with Crippen molar-refractivity contribution in [3.05, 3.63) is 0 Å². The van der Waals surface area contributed by atoms with Crippen molar-refractivity contribution in [2.75, 3.05) is 0 Å². The van der Waals surface area contributed by atoms with Crippen molar-refractivity contribution in [1.29, 1.82) is 0 Å². The number of ether oxygens (including phenoxy) is 1. The largest absolute Gasteiger partial charge is 0.481 e. The van der Waals surface area contributed by atoms with E-state index in [2.05, 4.69) is 0 Å². The molecule has 5 nitrogen and oxygen atoms in total. The Kier molecular flexibility index (Phi) is 2.88. The minimum atomic E-state index is -0.734. The maximum Gasteiger partial charge on any atom is 0.410 e. The molecule has 0 saturated heterocycles. The number of carboxylic acid groups (broad SMARTS) is 1. The lowest BCUT2D eigenvalue weighted by Crippen LogP contribution is -2.78. The number of amides is 1. The molecule has 19 heavy (non-hydrogen) atoms. The normalized spacial score (nSPS) is 32.3. The van der Waals surface area contributed by atoms with Gasteiger partial charge in [0.25, 0.3) is 0 Å². The van der Waals surface area contributed by atoms with Crippen molar-refractivity contribution in [2.24, 2.45) is 5.41 Å². The molecule has 5 heteroatoms.